The maximum absolute atomic E-state index is 12.0. The van der Waals surface area contributed by atoms with Gasteiger partial charge in [0.25, 0.3) is 0 Å². The number of ketones is 1. The fraction of sp³-hybridized carbons (Fsp3) is 0.710. The Bertz CT molecular complexity index is 943. The van der Waals surface area contributed by atoms with Gasteiger partial charge in [-0.25, -0.2) is 0 Å². The molecule has 0 N–H and O–H groups in total. The van der Waals surface area contributed by atoms with Crippen LogP contribution in [0.1, 0.15) is 39.1 Å². The quantitative estimate of drug-likeness (QED) is 0.125. The number of hydrogen-bond acceptors (Lipinski definition) is 1. The highest BCUT2D eigenvalue weighted by Gasteiger charge is 2.46. The molecule has 0 spiro atoms. The molecule has 1 unspecified atom stereocenters. The topological polar surface area (TPSA) is 17.1 Å². The smallest absolute Gasteiger partial charge is 0.152 e. The van der Waals surface area contributed by atoms with Crippen LogP contribution >= 0.6 is 8.58 Å². The molecule has 0 radical (unpaired) electrons. The average molecular weight is 653 g/mol. The lowest BCUT2D eigenvalue weighted by molar-refractivity contribution is -0.112. The second-order valence-corrected chi connectivity index (χ2v) is 53.4. The van der Waals surface area contributed by atoms with Gasteiger partial charge in [0.2, 0.25) is 0 Å². The van der Waals surface area contributed by atoms with Crippen molar-refractivity contribution in [2.45, 2.75) is 140 Å². The lowest BCUT2D eigenvalue weighted by Crippen LogP contribution is -2.51. The average Bonchev–Trinajstić information content (AvgIpc) is 2.55. The van der Waals surface area contributed by atoms with E-state index >= 15 is 0 Å². The van der Waals surface area contributed by atoms with Gasteiger partial charge in [0.15, 0.2) is 5.78 Å². The second-order valence-electron chi connectivity index (χ2n) is 18.7. The Hall–Kier alpha value is 0.361. The molecule has 0 bridgehead atoms. The predicted octanol–water partition coefficient (Wildman–Crippen LogP) is 10.6. The Morgan fingerprint density at radius 3 is 1.08 bits per heavy atom. The van der Waals surface area contributed by atoms with E-state index in [1.807, 2.05) is 6.08 Å². The standard InChI is InChI=1S/C31H65OPSi6/c1-24(32)20-21-33-28-26(30(36(8,9)10)37(11,12)13)22-25(29(34(2,3)4)35(5,6)7)23-27(28)31(38(14,15)16)39(17,18)19/h20-23,29-31,33H,1-19H3/b21-20+. The van der Waals surface area contributed by atoms with E-state index in [1.54, 1.807) is 28.9 Å². The minimum absolute atomic E-state index is 0.165. The fourth-order valence-corrected chi connectivity index (χ4v) is 48.5. The zero-order valence-corrected chi connectivity index (χ0v) is 36.4. The molecule has 0 saturated heterocycles. The van der Waals surface area contributed by atoms with Crippen LogP contribution in [0.2, 0.25) is 118 Å². The van der Waals surface area contributed by atoms with Gasteiger partial charge < -0.3 is 0 Å². The predicted molar refractivity (Wildman–Crippen MR) is 203 cm³/mol. The maximum atomic E-state index is 12.0. The summed E-state index contributed by atoms with van der Waals surface area (Å²) in [5.41, 5.74) is 5.09. The molecule has 8 heteroatoms. The third-order valence-electron chi connectivity index (χ3n) is 7.92. The number of hydrogen-bond donors (Lipinski definition) is 0. The van der Waals surface area contributed by atoms with Crippen molar-refractivity contribution in [1.82, 2.24) is 0 Å². The molecule has 224 valence electrons. The molecular formula is C31H65OPSi6. The summed E-state index contributed by atoms with van der Waals surface area (Å²) in [7, 11) is -8.50. The molecule has 0 saturated carbocycles. The van der Waals surface area contributed by atoms with E-state index in [9.17, 15) is 4.79 Å². The molecule has 1 rings (SSSR count). The molecule has 0 aromatic heterocycles. The Balaban J connectivity index is 4.55. The number of carbonyl (C=O) groups excluding carboxylic acids is 1. The molecule has 1 aromatic rings. The molecule has 39 heavy (non-hydrogen) atoms. The summed E-state index contributed by atoms with van der Waals surface area (Å²) in [5.74, 6) is 2.38. The summed E-state index contributed by atoms with van der Waals surface area (Å²) in [6, 6.07) is 5.53. The summed E-state index contributed by atoms with van der Waals surface area (Å²) in [5, 5.41) is 3.76. The van der Waals surface area contributed by atoms with E-state index in [0.717, 1.165) is 5.16 Å². The van der Waals surface area contributed by atoms with Gasteiger partial charge in [-0.3, -0.25) is 4.79 Å². The van der Waals surface area contributed by atoms with Crippen molar-refractivity contribution in [1.29, 1.82) is 0 Å². The van der Waals surface area contributed by atoms with E-state index in [4.69, 9.17) is 0 Å². The zero-order valence-electron chi connectivity index (χ0n) is 29.4. The molecule has 1 atom stereocenters. The summed E-state index contributed by atoms with van der Waals surface area (Å²) >= 11 is 0. The minimum atomic E-state index is -1.53. The largest absolute Gasteiger partial charge is 0.295 e. The van der Waals surface area contributed by atoms with Crippen LogP contribution in [-0.4, -0.2) is 54.2 Å². The van der Waals surface area contributed by atoms with E-state index < -0.39 is 48.4 Å². The van der Waals surface area contributed by atoms with Crippen molar-refractivity contribution in [3.05, 3.63) is 40.7 Å². The summed E-state index contributed by atoms with van der Waals surface area (Å²) in [6.07, 6.45) is 1.84. The molecule has 0 aliphatic rings. The van der Waals surface area contributed by atoms with Gasteiger partial charge in [-0.05, 0) is 50.5 Å². The number of carbonyl (C=O) groups is 1. The highest BCUT2D eigenvalue weighted by Crippen LogP contribution is 2.45. The van der Waals surface area contributed by atoms with Crippen LogP contribution < -0.4 is 5.30 Å². The Morgan fingerprint density at radius 1 is 0.564 bits per heavy atom. The van der Waals surface area contributed by atoms with Crippen molar-refractivity contribution in [3.8, 4) is 0 Å². The molecule has 0 fully saturated rings. The fourth-order valence-electron chi connectivity index (χ4n) is 8.51. The highest BCUT2D eigenvalue weighted by atomic mass is 31.1. The van der Waals surface area contributed by atoms with E-state index in [2.05, 4.69) is 136 Å². The van der Waals surface area contributed by atoms with E-state index in [1.165, 1.54) is 0 Å². The summed E-state index contributed by atoms with van der Waals surface area (Å²) in [6.45, 7) is 48.8. The molecule has 0 aliphatic heterocycles. The van der Waals surface area contributed by atoms with Gasteiger partial charge >= 0.3 is 0 Å². The van der Waals surface area contributed by atoms with Crippen LogP contribution in [-0.2, 0) is 4.79 Å². The first-order valence-corrected chi connectivity index (χ1v) is 37.7. The Kier molecular flexibility index (Phi) is 12.0. The van der Waals surface area contributed by atoms with Gasteiger partial charge in [0.05, 0.1) is 0 Å². The number of benzene rings is 1. The second kappa shape index (κ2) is 12.5. The van der Waals surface area contributed by atoms with Gasteiger partial charge in [-0.2, -0.15) is 0 Å². The van der Waals surface area contributed by atoms with Crippen molar-refractivity contribution in [3.63, 3.8) is 0 Å². The lowest BCUT2D eigenvalue weighted by atomic mass is 10.1. The molecule has 1 nitrogen and oxygen atoms in total. The lowest BCUT2D eigenvalue weighted by Gasteiger charge is -2.45. The van der Waals surface area contributed by atoms with Gasteiger partial charge in [-0.1, -0.05) is 144 Å². The number of allylic oxidation sites excluding steroid dienone is 1. The maximum Gasteiger partial charge on any atom is 0.152 e. The van der Waals surface area contributed by atoms with Crippen LogP contribution in [0, 0.1) is 0 Å². The van der Waals surface area contributed by atoms with Crippen molar-refractivity contribution >= 4 is 68.1 Å². The first-order valence-electron chi connectivity index (χ1n) is 15.1. The van der Waals surface area contributed by atoms with Crippen molar-refractivity contribution in [2.75, 3.05) is 0 Å². The SMILES string of the molecule is CC(=O)/C=C/Pc1c(C([Si](C)(C)C)[Si](C)(C)C)cc(C([Si](C)(C)C)[Si](C)(C)C)cc1C([Si](C)(C)C)[Si](C)(C)C. The van der Waals surface area contributed by atoms with Crippen LogP contribution in [0.3, 0.4) is 0 Å². The molecular weight excluding hydrogens is 588 g/mol. The normalized spacial score (nSPS) is 15.1. The van der Waals surface area contributed by atoms with Crippen LogP contribution in [0.15, 0.2) is 24.0 Å². The zero-order chi connectivity index (χ0) is 31.2. The highest BCUT2D eigenvalue weighted by molar-refractivity contribution is 7.51. The molecule has 0 amide bonds. The Labute approximate surface area is 252 Å². The van der Waals surface area contributed by atoms with Crippen LogP contribution in [0.25, 0.3) is 0 Å². The molecule has 1 aromatic carbocycles. The Morgan fingerprint density at radius 2 is 0.846 bits per heavy atom. The van der Waals surface area contributed by atoms with E-state index in [0.29, 0.717) is 18.9 Å². The first-order chi connectivity index (χ1) is 17.0. The molecule has 0 aliphatic carbocycles. The minimum Gasteiger partial charge on any atom is -0.295 e. The monoisotopic (exact) mass is 652 g/mol. The van der Waals surface area contributed by atoms with Crippen LogP contribution in [0.5, 0.6) is 0 Å². The third kappa shape index (κ3) is 10.2. The summed E-state index contributed by atoms with van der Waals surface area (Å²) < 4.78 is 0. The third-order valence-corrected chi connectivity index (χ3v) is 37.0. The molecule has 0 heterocycles. The summed E-state index contributed by atoms with van der Waals surface area (Å²) in [4.78, 5) is 12.0. The first kappa shape index (κ1) is 37.4. The van der Waals surface area contributed by atoms with Crippen molar-refractivity contribution < 1.29 is 4.79 Å². The van der Waals surface area contributed by atoms with Crippen LogP contribution in [0.4, 0.5) is 0 Å². The van der Waals surface area contributed by atoms with Crippen molar-refractivity contribution in [2.24, 2.45) is 0 Å². The van der Waals surface area contributed by atoms with E-state index in [-0.39, 0.29) is 5.78 Å². The van der Waals surface area contributed by atoms with Gasteiger partial charge in [-0.15, -0.1) is 0 Å². The number of rotatable bonds is 12. The van der Waals surface area contributed by atoms with Gasteiger partial charge in [0.1, 0.15) is 0 Å². The van der Waals surface area contributed by atoms with Gasteiger partial charge in [0, 0.05) is 48.4 Å².